The van der Waals surface area contributed by atoms with Crippen molar-refractivity contribution in [3.05, 3.63) is 0 Å². The standard InChI is InChI=1S/C9H13BF6/c1-6(10)2-4-7(5-3-6,8(11,12)13)9(14,15)16/h2-5,10H2,1H3. The van der Waals surface area contributed by atoms with Gasteiger partial charge >= 0.3 is 12.4 Å². The molecule has 7 heteroatoms. The quantitative estimate of drug-likeness (QED) is 0.453. The summed E-state index contributed by atoms with van der Waals surface area (Å²) in [5.74, 6) is 0. The number of halogens is 6. The molecule has 1 aliphatic carbocycles. The van der Waals surface area contributed by atoms with Gasteiger partial charge in [-0.2, -0.15) is 26.3 Å². The van der Waals surface area contributed by atoms with Gasteiger partial charge < -0.3 is 0 Å². The van der Waals surface area contributed by atoms with Crippen molar-refractivity contribution < 1.29 is 26.3 Å². The average Bonchev–Trinajstić information content (AvgIpc) is 1.98. The van der Waals surface area contributed by atoms with E-state index in [1.807, 2.05) is 0 Å². The highest BCUT2D eigenvalue weighted by Crippen LogP contribution is 2.61. The van der Waals surface area contributed by atoms with E-state index in [4.69, 9.17) is 0 Å². The second-order valence-corrected chi connectivity index (χ2v) is 5.24. The van der Waals surface area contributed by atoms with Crippen molar-refractivity contribution in [3.8, 4) is 0 Å². The molecule has 0 bridgehead atoms. The summed E-state index contributed by atoms with van der Waals surface area (Å²) in [7, 11) is 1.70. The summed E-state index contributed by atoms with van der Waals surface area (Å²) < 4.78 is 75.7. The van der Waals surface area contributed by atoms with Gasteiger partial charge in [-0.25, -0.2) is 0 Å². The van der Waals surface area contributed by atoms with Crippen molar-refractivity contribution in [1.82, 2.24) is 0 Å². The van der Waals surface area contributed by atoms with Crippen molar-refractivity contribution in [2.24, 2.45) is 5.41 Å². The zero-order valence-electron chi connectivity index (χ0n) is 9.10. The maximum Gasteiger partial charge on any atom is 0.403 e. The molecule has 0 N–H and O–H groups in total. The molecule has 1 aliphatic rings. The van der Waals surface area contributed by atoms with Crippen LogP contribution >= 0.6 is 0 Å². The summed E-state index contributed by atoms with van der Waals surface area (Å²) in [6, 6.07) is 0. The van der Waals surface area contributed by atoms with E-state index in [2.05, 4.69) is 0 Å². The molecule has 0 aromatic rings. The van der Waals surface area contributed by atoms with Crippen LogP contribution in [0.4, 0.5) is 26.3 Å². The Labute approximate surface area is 90.8 Å². The zero-order valence-corrected chi connectivity index (χ0v) is 9.10. The normalized spacial score (nSPS) is 25.4. The summed E-state index contributed by atoms with van der Waals surface area (Å²) in [4.78, 5) is 0. The Balaban J connectivity index is 3.03. The molecular formula is C9H13BF6. The molecule has 0 nitrogen and oxygen atoms in total. The maximum atomic E-state index is 12.6. The third-order valence-electron chi connectivity index (χ3n) is 3.54. The van der Waals surface area contributed by atoms with Gasteiger partial charge in [-0.3, -0.25) is 0 Å². The summed E-state index contributed by atoms with van der Waals surface area (Å²) in [5.41, 5.74) is -3.49. The molecule has 16 heavy (non-hydrogen) atoms. The highest BCUT2D eigenvalue weighted by Gasteiger charge is 2.70. The fourth-order valence-corrected chi connectivity index (χ4v) is 2.08. The van der Waals surface area contributed by atoms with Gasteiger partial charge in [0, 0.05) is 0 Å². The van der Waals surface area contributed by atoms with Gasteiger partial charge in [0.2, 0.25) is 0 Å². The first-order valence-electron chi connectivity index (χ1n) is 5.05. The van der Waals surface area contributed by atoms with Crippen LogP contribution in [0.2, 0.25) is 5.31 Å². The highest BCUT2D eigenvalue weighted by molar-refractivity contribution is 6.14. The topological polar surface area (TPSA) is 0 Å². The van der Waals surface area contributed by atoms with Gasteiger partial charge in [0.15, 0.2) is 5.41 Å². The molecule has 0 heterocycles. The molecule has 0 saturated heterocycles. The first-order chi connectivity index (χ1) is 6.91. The van der Waals surface area contributed by atoms with E-state index in [1.54, 1.807) is 14.8 Å². The minimum absolute atomic E-state index is 0.0496. The molecule has 1 fully saturated rings. The molecule has 1 saturated carbocycles. The van der Waals surface area contributed by atoms with Crippen molar-refractivity contribution in [3.63, 3.8) is 0 Å². The van der Waals surface area contributed by atoms with Gasteiger partial charge in [0.1, 0.15) is 7.85 Å². The molecule has 0 amide bonds. The van der Waals surface area contributed by atoms with Crippen LogP contribution in [0.5, 0.6) is 0 Å². The van der Waals surface area contributed by atoms with Gasteiger partial charge in [-0.05, 0) is 12.8 Å². The predicted molar refractivity (Wildman–Crippen MR) is 49.9 cm³/mol. The van der Waals surface area contributed by atoms with E-state index >= 15 is 0 Å². The smallest absolute Gasteiger partial charge is 0.170 e. The molecule has 0 atom stereocenters. The summed E-state index contributed by atoms with van der Waals surface area (Å²) >= 11 is 0. The van der Waals surface area contributed by atoms with Gasteiger partial charge in [0.05, 0.1) is 0 Å². The van der Waals surface area contributed by atoms with Gasteiger partial charge in [-0.15, -0.1) is 0 Å². The minimum Gasteiger partial charge on any atom is -0.170 e. The lowest BCUT2D eigenvalue weighted by molar-refractivity contribution is -0.350. The van der Waals surface area contributed by atoms with Crippen LogP contribution in [0, 0.1) is 5.41 Å². The van der Waals surface area contributed by atoms with E-state index in [0.717, 1.165) is 0 Å². The monoisotopic (exact) mass is 246 g/mol. The third kappa shape index (κ3) is 2.18. The molecule has 94 valence electrons. The number of rotatable bonds is 0. The second kappa shape index (κ2) is 3.57. The predicted octanol–water partition coefficient (Wildman–Crippen LogP) is 3.48. The van der Waals surface area contributed by atoms with Crippen LogP contribution in [0.25, 0.3) is 0 Å². The minimum atomic E-state index is -5.21. The van der Waals surface area contributed by atoms with E-state index in [0.29, 0.717) is 0 Å². The lowest BCUT2D eigenvalue weighted by Crippen LogP contribution is -2.52. The molecule has 0 unspecified atom stereocenters. The molecular weight excluding hydrogens is 233 g/mol. The summed E-state index contributed by atoms with van der Waals surface area (Å²) in [5, 5.41) is -0.431. The summed E-state index contributed by atoms with van der Waals surface area (Å²) in [6.45, 7) is 1.70. The Bertz CT molecular complexity index is 238. The van der Waals surface area contributed by atoms with E-state index in [-0.39, 0.29) is 12.8 Å². The fourth-order valence-electron chi connectivity index (χ4n) is 2.08. The van der Waals surface area contributed by atoms with E-state index in [9.17, 15) is 26.3 Å². The number of alkyl halides is 6. The Morgan fingerprint density at radius 2 is 1.12 bits per heavy atom. The largest absolute Gasteiger partial charge is 0.403 e. The van der Waals surface area contributed by atoms with E-state index in [1.165, 1.54) is 0 Å². The van der Waals surface area contributed by atoms with Crippen LogP contribution in [0.3, 0.4) is 0 Å². The lowest BCUT2D eigenvalue weighted by atomic mass is 9.55. The lowest BCUT2D eigenvalue weighted by Gasteiger charge is -2.45. The zero-order chi connectivity index (χ0) is 12.8. The molecule has 0 aromatic carbocycles. The van der Waals surface area contributed by atoms with Crippen molar-refractivity contribution in [2.45, 2.75) is 50.3 Å². The Morgan fingerprint density at radius 3 is 1.38 bits per heavy atom. The van der Waals surface area contributed by atoms with Crippen molar-refractivity contribution >= 4 is 7.85 Å². The molecule has 0 radical (unpaired) electrons. The molecule has 0 aromatic heterocycles. The van der Waals surface area contributed by atoms with Gasteiger partial charge in [0.25, 0.3) is 0 Å². The first kappa shape index (κ1) is 13.7. The average molecular weight is 246 g/mol. The summed E-state index contributed by atoms with van der Waals surface area (Å²) in [6.07, 6.45) is -12.2. The second-order valence-electron chi connectivity index (χ2n) is 5.24. The van der Waals surface area contributed by atoms with Crippen LogP contribution in [-0.4, -0.2) is 20.2 Å². The Hall–Kier alpha value is -0.355. The molecule has 0 spiro atoms. The molecule has 0 aliphatic heterocycles. The van der Waals surface area contributed by atoms with Crippen LogP contribution in [0.1, 0.15) is 32.6 Å². The molecule has 1 rings (SSSR count). The van der Waals surface area contributed by atoms with Crippen LogP contribution < -0.4 is 0 Å². The van der Waals surface area contributed by atoms with Crippen molar-refractivity contribution in [1.29, 1.82) is 0 Å². The number of hydrogen-bond donors (Lipinski definition) is 0. The SMILES string of the molecule is BC1(C)CCC(C(F)(F)F)(C(F)(F)F)CC1. The fraction of sp³-hybridized carbons (Fsp3) is 1.00. The number of hydrogen-bond acceptors (Lipinski definition) is 0. The van der Waals surface area contributed by atoms with Gasteiger partial charge in [-0.1, -0.05) is 25.1 Å². The van der Waals surface area contributed by atoms with Crippen molar-refractivity contribution in [2.75, 3.05) is 0 Å². The Morgan fingerprint density at radius 1 is 0.812 bits per heavy atom. The first-order valence-corrected chi connectivity index (χ1v) is 5.05. The van der Waals surface area contributed by atoms with E-state index < -0.39 is 35.9 Å². The third-order valence-corrected chi connectivity index (χ3v) is 3.54. The maximum absolute atomic E-state index is 12.6. The highest BCUT2D eigenvalue weighted by atomic mass is 19.4. The van der Waals surface area contributed by atoms with Crippen LogP contribution in [-0.2, 0) is 0 Å². The van der Waals surface area contributed by atoms with Crippen LogP contribution in [0.15, 0.2) is 0 Å². The Kier molecular flexibility index (Phi) is 3.06.